The van der Waals surface area contributed by atoms with Gasteiger partial charge in [0, 0.05) is 13.1 Å². The predicted octanol–water partition coefficient (Wildman–Crippen LogP) is 0.747. The fourth-order valence-electron chi connectivity index (χ4n) is 1.86. The van der Waals surface area contributed by atoms with Gasteiger partial charge >= 0.3 is 0 Å². The molecule has 0 radical (unpaired) electrons. The first-order valence-electron chi connectivity index (χ1n) is 5.60. The van der Waals surface area contributed by atoms with Crippen molar-refractivity contribution in [2.75, 3.05) is 19.6 Å². The Morgan fingerprint density at radius 1 is 1.73 bits per heavy atom. The highest BCUT2D eigenvalue weighted by Crippen LogP contribution is 2.10. The van der Waals surface area contributed by atoms with Gasteiger partial charge in [-0.25, -0.2) is 0 Å². The van der Waals surface area contributed by atoms with Crippen molar-refractivity contribution >= 4 is 5.91 Å². The molecule has 1 aliphatic heterocycles. The zero-order valence-electron chi connectivity index (χ0n) is 9.49. The number of likely N-dealkylation sites (N-methyl/N-ethyl adjacent to an activating group) is 1. The normalized spacial score (nSPS) is 22.1. The van der Waals surface area contributed by atoms with E-state index in [-0.39, 0.29) is 17.9 Å². The summed E-state index contributed by atoms with van der Waals surface area (Å²) in [5, 5.41) is 11.9. The van der Waals surface area contributed by atoms with E-state index in [9.17, 15) is 4.79 Å². The highest BCUT2D eigenvalue weighted by atomic mass is 16.2. The Morgan fingerprint density at radius 3 is 2.93 bits per heavy atom. The first-order chi connectivity index (χ1) is 7.19. The molecule has 1 saturated heterocycles. The molecular weight excluding hydrogens is 190 g/mol. The van der Waals surface area contributed by atoms with E-state index >= 15 is 0 Å². The smallest absolute Gasteiger partial charge is 0.239 e. The second-order valence-corrected chi connectivity index (χ2v) is 4.06. The summed E-state index contributed by atoms with van der Waals surface area (Å²) in [4.78, 5) is 13.8. The molecule has 0 aromatic rings. The van der Waals surface area contributed by atoms with Crippen molar-refractivity contribution in [2.45, 2.75) is 32.7 Å². The lowest BCUT2D eigenvalue weighted by atomic mass is 10.1. The molecule has 1 aliphatic rings. The number of nitriles is 1. The van der Waals surface area contributed by atoms with Gasteiger partial charge < -0.3 is 10.2 Å². The Kier molecular flexibility index (Phi) is 4.57. The van der Waals surface area contributed by atoms with Gasteiger partial charge in [-0.3, -0.25) is 4.79 Å². The molecule has 0 aromatic heterocycles. The number of hydrogen-bond acceptors (Lipinski definition) is 3. The number of nitrogens with zero attached hydrogens (tertiary/aromatic N) is 2. The van der Waals surface area contributed by atoms with Crippen LogP contribution in [0.15, 0.2) is 0 Å². The Balaban J connectivity index is 2.50. The third-order valence-electron chi connectivity index (χ3n) is 2.77. The predicted molar refractivity (Wildman–Crippen MR) is 58.1 cm³/mol. The van der Waals surface area contributed by atoms with Crippen LogP contribution in [0.25, 0.3) is 0 Å². The third-order valence-corrected chi connectivity index (χ3v) is 2.77. The van der Waals surface area contributed by atoms with Crippen LogP contribution in [0, 0.1) is 17.2 Å². The first-order valence-corrected chi connectivity index (χ1v) is 5.60. The number of carbonyl (C=O) groups excluding carboxylic acids is 1. The summed E-state index contributed by atoms with van der Waals surface area (Å²) in [5.74, 6) is 0.0624. The second kappa shape index (κ2) is 5.72. The summed E-state index contributed by atoms with van der Waals surface area (Å²) in [7, 11) is 0. The molecule has 15 heavy (non-hydrogen) atoms. The molecule has 0 spiro atoms. The fraction of sp³-hybridized carbons (Fsp3) is 0.818. The van der Waals surface area contributed by atoms with Gasteiger partial charge in [0.2, 0.25) is 5.91 Å². The molecule has 1 heterocycles. The number of hydrogen-bond donors (Lipinski definition) is 1. The maximum Gasteiger partial charge on any atom is 0.239 e. The molecule has 0 bridgehead atoms. The molecule has 0 aliphatic carbocycles. The molecule has 1 fully saturated rings. The van der Waals surface area contributed by atoms with Crippen molar-refractivity contribution in [1.82, 2.24) is 10.2 Å². The molecule has 0 saturated carbocycles. The van der Waals surface area contributed by atoms with E-state index in [1.807, 2.05) is 13.8 Å². The summed E-state index contributed by atoms with van der Waals surface area (Å²) in [6, 6.07) is 2.14. The van der Waals surface area contributed by atoms with Gasteiger partial charge in [0.25, 0.3) is 0 Å². The minimum Gasteiger partial charge on any atom is -0.340 e. The minimum atomic E-state index is -0.0877. The van der Waals surface area contributed by atoms with Crippen LogP contribution in [0.5, 0.6) is 0 Å². The maximum atomic E-state index is 12.0. The van der Waals surface area contributed by atoms with Crippen molar-refractivity contribution in [3.05, 3.63) is 0 Å². The highest BCUT2D eigenvalue weighted by Gasteiger charge is 2.26. The van der Waals surface area contributed by atoms with Gasteiger partial charge in [-0.2, -0.15) is 5.26 Å². The zero-order valence-corrected chi connectivity index (χ0v) is 9.49. The number of carbonyl (C=O) groups is 1. The van der Waals surface area contributed by atoms with Crippen LogP contribution in [-0.2, 0) is 4.79 Å². The Labute approximate surface area is 91.2 Å². The quantitative estimate of drug-likeness (QED) is 0.743. The van der Waals surface area contributed by atoms with Gasteiger partial charge in [-0.15, -0.1) is 0 Å². The van der Waals surface area contributed by atoms with Crippen molar-refractivity contribution in [2.24, 2.45) is 5.92 Å². The Bertz CT molecular complexity index is 253. The molecule has 2 atom stereocenters. The molecule has 4 nitrogen and oxygen atoms in total. The topological polar surface area (TPSA) is 56.1 Å². The molecule has 4 heteroatoms. The van der Waals surface area contributed by atoms with E-state index in [0.29, 0.717) is 13.1 Å². The average Bonchev–Trinajstić information content (AvgIpc) is 2.77. The van der Waals surface area contributed by atoms with Gasteiger partial charge in [0.1, 0.15) is 0 Å². The van der Waals surface area contributed by atoms with Crippen LogP contribution in [0.2, 0.25) is 0 Å². The molecular formula is C11H19N3O. The van der Waals surface area contributed by atoms with Crippen LogP contribution < -0.4 is 5.32 Å². The largest absolute Gasteiger partial charge is 0.340 e. The summed E-state index contributed by atoms with van der Waals surface area (Å²) < 4.78 is 0. The van der Waals surface area contributed by atoms with Crippen LogP contribution in [-0.4, -0.2) is 36.5 Å². The van der Waals surface area contributed by atoms with Gasteiger partial charge in [0.15, 0.2) is 0 Å². The zero-order chi connectivity index (χ0) is 11.3. The van der Waals surface area contributed by atoms with Crippen LogP contribution in [0.3, 0.4) is 0 Å². The average molecular weight is 209 g/mol. The molecule has 1 amide bonds. The molecule has 1 N–H and O–H groups in total. The van der Waals surface area contributed by atoms with Crippen molar-refractivity contribution < 1.29 is 4.79 Å². The standard InChI is InChI=1S/C11H19N3O/c1-3-14(8-9(2)7-12)11(15)10-5-4-6-13-10/h9-10,13H,3-6,8H2,1-2H3/t9?,10-/m1/s1. The second-order valence-electron chi connectivity index (χ2n) is 4.06. The minimum absolute atomic E-state index is 0.0177. The summed E-state index contributed by atoms with van der Waals surface area (Å²) in [6.45, 7) is 5.96. The monoisotopic (exact) mass is 209 g/mol. The third kappa shape index (κ3) is 3.21. The Morgan fingerprint density at radius 2 is 2.47 bits per heavy atom. The maximum absolute atomic E-state index is 12.0. The van der Waals surface area contributed by atoms with Gasteiger partial charge in [-0.05, 0) is 33.2 Å². The van der Waals surface area contributed by atoms with Crippen molar-refractivity contribution in [3.63, 3.8) is 0 Å². The number of nitrogens with one attached hydrogen (secondary N) is 1. The van der Waals surface area contributed by atoms with Crippen molar-refractivity contribution in [1.29, 1.82) is 5.26 Å². The van der Waals surface area contributed by atoms with Gasteiger partial charge in [0.05, 0.1) is 18.0 Å². The summed E-state index contributed by atoms with van der Waals surface area (Å²) >= 11 is 0. The lowest BCUT2D eigenvalue weighted by Crippen LogP contribution is -2.45. The lowest BCUT2D eigenvalue weighted by Gasteiger charge is -2.25. The number of rotatable bonds is 4. The van der Waals surface area contributed by atoms with Gasteiger partial charge in [-0.1, -0.05) is 0 Å². The van der Waals surface area contributed by atoms with Crippen LogP contribution in [0.4, 0.5) is 0 Å². The van der Waals surface area contributed by atoms with Crippen molar-refractivity contribution in [3.8, 4) is 6.07 Å². The van der Waals surface area contributed by atoms with Crippen LogP contribution in [0.1, 0.15) is 26.7 Å². The van der Waals surface area contributed by atoms with E-state index in [1.165, 1.54) is 0 Å². The molecule has 1 unspecified atom stereocenters. The molecule has 0 aromatic carbocycles. The SMILES string of the molecule is CCN(CC(C)C#N)C(=O)[C@H]1CCCN1. The van der Waals surface area contributed by atoms with E-state index in [0.717, 1.165) is 19.4 Å². The molecule has 84 valence electrons. The first kappa shape index (κ1) is 12.0. The van der Waals surface area contributed by atoms with E-state index < -0.39 is 0 Å². The fourth-order valence-corrected chi connectivity index (χ4v) is 1.86. The summed E-state index contributed by atoms with van der Waals surface area (Å²) in [6.07, 6.45) is 2.00. The van der Waals surface area contributed by atoms with E-state index in [4.69, 9.17) is 5.26 Å². The Hall–Kier alpha value is -1.08. The van der Waals surface area contributed by atoms with E-state index in [2.05, 4.69) is 11.4 Å². The summed E-state index contributed by atoms with van der Waals surface area (Å²) in [5.41, 5.74) is 0. The van der Waals surface area contributed by atoms with E-state index in [1.54, 1.807) is 4.90 Å². The number of amides is 1. The van der Waals surface area contributed by atoms with Crippen LogP contribution >= 0.6 is 0 Å². The molecule has 1 rings (SSSR count). The lowest BCUT2D eigenvalue weighted by molar-refractivity contribution is -0.133. The highest BCUT2D eigenvalue weighted by molar-refractivity contribution is 5.82.